The maximum absolute atomic E-state index is 12.8. The Hall–Kier alpha value is -2.70. The van der Waals surface area contributed by atoms with E-state index < -0.39 is 12.0 Å². The van der Waals surface area contributed by atoms with Crippen molar-refractivity contribution in [1.82, 2.24) is 15.1 Å². The van der Waals surface area contributed by atoms with Crippen LogP contribution in [0.1, 0.15) is 44.4 Å². The van der Waals surface area contributed by atoms with Crippen molar-refractivity contribution in [3.8, 4) is 11.5 Å². The molecule has 0 spiro atoms. The highest BCUT2D eigenvalue weighted by molar-refractivity contribution is 5.84. The summed E-state index contributed by atoms with van der Waals surface area (Å²) in [5, 5.41) is 17.6. The molecule has 2 fully saturated rings. The minimum Gasteiger partial charge on any atom is -0.480 e. The van der Waals surface area contributed by atoms with Crippen LogP contribution in [-0.4, -0.2) is 44.2 Å². The lowest BCUT2D eigenvalue weighted by atomic mass is 9.84. The first-order chi connectivity index (χ1) is 13.1. The summed E-state index contributed by atoms with van der Waals surface area (Å²) in [6.07, 6.45) is 5.18. The van der Waals surface area contributed by atoms with Crippen molar-refractivity contribution < 1.29 is 19.1 Å². The number of carboxylic acids is 1. The zero-order valence-corrected chi connectivity index (χ0v) is 15.1. The van der Waals surface area contributed by atoms with Gasteiger partial charge in [0.1, 0.15) is 6.04 Å². The van der Waals surface area contributed by atoms with Gasteiger partial charge in [0.25, 0.3) is 0 Å². The highest BCUT2D eigenvalue weighted by Gasteiger charge is 2.47. The number of aromatic nitrogens is 2. The van der Waals surface area contributed by atoms with Crippen LogP contribution in [0.25, 0.3) is 11.5 Å². The summed E-state index contributed by atoms with van der Waals surface area (Å²) in [5.41, 5.74) is 0.832. The molecule has 4 rings (SSSR count). The van der Waals surface area contributed by atoms with Gasteiger partial charge in [0.2, 0.25) is 17.7 Å². The molecule has 1 N–H and O–H groups in total. The number of rotatable bonds is 5. The van der Waals surface area contributed by atoms with Crippen molar-refractivity contribution in [2.75, 3.05) is 0 Å². The molecule has 0 unspecified atom stereocenters. The van der Waals surface area contributed by atoms with E-state index in [0.29, 0.717) is 30.5 Å². The van der Waals surface area contributed by atoms with Crippen molar-refractivity contribution in [1.29, 1.82) is 0 Å². The van der Waals surface area contributed by atoms with Gasteiger partial charge in [0.05, 0.1) is 0 Å². The average Bonchev–Trinajstić information content (AvgIpc) is 3.32. The molecule has 0 bridgehead atoms. The minimum atomic E-state index is -0.901. The third kappa shape index (κ3) is 3.59. The third-order valence-electron chi connectivity index (χ3n) is 5.70. The summed E-state index contributed by atoms with van der Waals surface area (Å²) in [6.45, 7) is 0. The molecule has 7 nitrogen and oxygen atoms in total. The number of carboxylic acid groups (broad SMARTS) is 1. The number of amides is 1. The zero-order chi connectivity index (χ0) is 18.8. The Labute approximate surface area is 157 Å². The summed E-state index contributed by atoms with van der Waals surface area (Å²) in [6, 6.07) is 8.82. The standard InChI is InChI=1S/C20H23N3O4/c24-18(23-15-9-5-4-8-14(15)12-16(23)20(25)26)11-10-17-21-22-19(27-17)13-6-2-1-3-7-13/h1-3,6-7,14-16H,4-5,8-12H2,(H,25,26)/t14-,15-,16-/m0/s1. The van der Waals surface area contributed by atoms with E-state index in [9.17, 15) is 14.7 Å². The number of carbonyl (C=O) groups excluding carboxylic acids is 1. The molecule has 1 aliphatic carbocycles. The molecule has 1 amide bonds. The Bertz CT molecular complexity index is 820. The number of benzene rings is 1. The normalized spacial score (nSPS) is 24.6. The minimum absolute atomic E-state index is 0.0647. The van der Waals surface area contributed by atoms with Crippen LogP contribution >= 0.6 is 0 Å². The van der Waals surface area contributed by atoms with Crippen molar-refractivity contribution >= 4 is 11.9 Å². The molecule has 2 aliphatic rings. The van der Waals surface area contributed by atoms with Gasteiger partial charge in [-0.15, -0.1) is 10.2 Å². The van der Waals surface area contributed by atoms with Gasteiger partial charge in [-0.1, -0.05) is 31.0 Å². The van der Waals surface area contributed by atoms with Crippen LogP contribution < -0.4 is 0 Å². The van der Waals surface area contributed by atoms with Gasteiger partial charge >= 0.3 is 5.97 Å². The van der Waals surface area contributed by atoms with Gasteiger partial charge in [-0.25, -0.2) is 4.79 Å². The molecule has 1 aromatic carbocycles. The predicted molar refractivity (Wildman–Crippen MR) is 96.7 cm³/mol. The second-order valence-electron chi connectivity index (χ2n) is 7.37. The maximum Gasteiger partial charge on any atom is 0.326 e. The maximum atomic E-state index is 12.8. The number of fused-ring (bicyclic) bond motifs is 1. The van der Waals surface area contributed by atoms with Crippen LogP contribution in [0.4, 0.5) is 0 Å². The molecule has 1 aliphatic heterocycles. The van der Waals surface area contributed by atoms with E-state index in [1.54, 1.807) is 4.90 Å². The lowest BCUT2D eigenvalue weighted by Crippen LogP contribution is -2.46. The lowest BCUT2D eigenvalue weighted by Gasteiger charge is -2.33. The largest absolute Gasteiger partial charge is 0.480 e. The number of carbonyl (C=O) groups is 2. The molecule has 1 aromatic heterocycles. The average molecular weight is 369 g/mol. The fourth-order valence-corrected chi connectivity index (χ4v) is 4.43. The van der Waals surface area contributed by atoms with Crippen LogP contribution in [0.5, 0.6) is 0 Å². The number of nitrogens with zero attached hydrogens (tertiary/aromatic N) is 3. The zero-order valence-electron chi connectivity index (χ0n) is 15.1. The number of aliphatic carboxylic acids is 1. The van der Waals surface area contributed by atoms with E-state index in [-0.39, 0.29) is 18.4 Å². The van der Waals surface area contributed by atoms with E-state index >= 15 is 0 Å². The molecule has 1 saturated heterocycles. The smallest absolute Gasteiger partial charge is 0.326 e. The third-order valence-corrected chi connectivity index (χ3v) is 5.70. The van der Waals surface area contributed by atoms with Crippen LogP contribution in [0.2, 0.25) is 0 Å². The second kappa shape index (κ2) is 7.50. The first-order valence-electron chi connectivity index (χ1n) is 9.55. The highest BCUT2D eigenvalue weighted by atomic mass is 16.4. The Morgan fingerprint density at radius 3 is 2.70 bits per heavy atom. The summed E-state index contributed by atoms with van der Waals surface area (Å²) in [7, 11) is 0. The molecule has 27 heavy (non-hydrogen) atoms. The van der Waals surface area contributed by atoms with Crippen molar-refractivity contribution in [2.45, 2.75) is 57.0 Å². The number of aryl methyl sites for hydroxylation is 1. The topological polar surface area (TPSA) is 96.5 Å². The van der Waals surface area contributed by atoms with Crippen LogP contribution in [0, 0.1) is 5.92 Å². The fourth-order valence-electron chi connectivity index (χ4n) is 4.43. The monoisotopic (exact) mass is 369 g/mol. The summed E-state index contributed by atoms with van der Waals surface area (Å²) in [5.74, 6) is 0.110. The van der Waals surface area contributed by atoms with Crippen molar-refractivity contribution in [3.63, 3.8) is 0 Å². The molecule has 1 saturated carbocycles. The molecule has 2 heterocycles. The SMILES string of the molecule is O=C(O)[C@@H]1C[C@@H]2CCCC[C@@H]2N1C(=O)CCc1nnc(-c2ccccc2)o1. The predicted octanol–water partition coefficient (Wildman–Crippen LogP) is 2.91. The van der Waals surface area contributed by atoms with Gasteiger partial charge < -0.3 is 14.4 Å². The molecule has 7 heteroatoms. The van der Waals surface area contributed by atoms with Crippen molar-refractivity contribution in [3.05, 3.63) is 36.2 Å². The van der Waals surface area contributed by atoms with Crippen LogP contribution in [0.3, 0.4) is 0 Å². The number of hydrogen-bond acceptors (Lipinski definition) is 5. The first kappa shape index (κ1) is 17.7. The van der Waals surface area contributed by atoms with Gasteiger partial charge in [0, 0.05) is 24.4 Å². The number of likely N-dealkylation sites (tertiary alicyclic amines) is 1. The quantitative estimate of drug-likeness (QED) is 0.870. The molecule has 2 aromatic rings. The van der Waals surface area contributed by atoms with E-state index in [1.807, 2.05) is 30.3 Å². The van der Waals surface area contributed by atoms with Crippen LogP contribution in [-0.2, 0) is 16.0 Å². The van der Waals surface area contributed by atoms with Gasteiger partial charge in [-0.05, 0) is 37.3 Å². The molecule has 3 atom stereocenters. The Morgan fingerprint density at radius 1 is 1.15 bits per heavy atom. The lowest BCUT2D eigenvalue weighted by molar-refractivity contribution is -0.149. The van der Waals surface area contributed by atoms with E-state index in [2.05, 4.69) is 10.2 Å². The Morgan fingerprint density at radius 2 is 1.93 bits per heavy atom. The summed E-state index contributed by atoms with van der Waals surface area (Å²) in [4.78, 5) is 26.1. The van der Waals surface area contributed by atoms with Gasteiger partial charge in [0.15, 0.2) is 0 Å². The van der Waals surface area contributed by atoms with E-state index in [1.165, 1.54) is 0 Å². The first-order valence-corrected chi connectivity index (χ1v) is 9.55. The Kier molecular flexibility index (Phi) is 4.92. The summed E-state index contributed by atoms with van der Waals surface area (Å²) >= 11 is 0. The molecular formula is C20H23N3O4. The highest BCUT2D eigenvalue weighted by Crippen LogP contribution is 2.40. The summed E-state index contributed by atoms with van der Waals surface area (Å²) < 4.78 is 5.65. The Balaban J connectivity index is 1.42. The molecule has 0 radical (unpaired) electrons. The molecule has 142 valence electrons. The number of hydrogen-bond donors (Lipinski definition) is 1. The second-order valence-corrected chi connectivity index (χ2v) is 7.37. The van der Waals surface area contributed by atoms with Gasteiger partial charge in [-0.2, -0.15) is 0 Å². The van der Waals surface area contributed by atoms with Crippen LogP contribution in [0.15, 0.2) is 34.7 Å². The van der Waals surface area contributed by atoms with E-state index in [0.717, 1.165) is 31.2 Å². The van der Waals surface area contributed by atoms with E-state index in [4.69, 9.17) is 4.42 Å². The van der Waals surface area contributed by atoms with Crippen molar-refractivity contribution in [2.24, 2.45) is 5.92 Å². The van der Waals surface area contributed by atoms with Gasteiger partial charge in [-0.3, -0.25) is 4.79 Å². The molecular weight excluding hydrogens is 346 g/mol. The fraction of sp³-hybridized carbons (Fsp3) is 0.500.